The number of thioether (sulfide) groups is 1. The van der Waals surface area contributed by atoms with E-state index >= 15 is 0 Å². The number of rotatable bonds is 6. The summed E-state index contributed by atoms with van der Waals surface area (Å²) in [5, 5.41) is 7.18. The summed E-state index contributed by atoms with van der Waals surface area (Å²) in [6.45, 7) is 5.21. The van der Waals surface area contributed by atoms with E-state index in [1.54, 1.807) is 11.8 Å². The lowest BCUT2D eigenvalue weighted by molar-refractivity contribution is 0.412. The Kier molecular flexibility index (Phi) is 4.78. The molecule has 2 aromatic rings. The van der Waals surface area contributed by atoms with Gasteiger partial charge in [0.1, 0.15) is 0 Å². The summed E-state index contributed by atoms with van der Waals surface area (Å²) < 4.78 is 4.69. The van der Waals surface area contributed by atoms with Gasteiger partial charge in [0, 0.05) is 17.5 Å². The molecule has 2 rings (SSSR count). The first-order chi connectivity index (χ1) is 8.74. The van der Waals surface area contributed by atoms with Gasteiger partial charge in [-0.3, -0.25) is 0 Å². The lowest BCUT2D eigenvalue weighted by Gasteiger charge is -2.08. The molecule has 96 valence electrons. The topological polar surface area (TPSA) is 51.0 Å². The predicted molar refractivity (Wildman–Crippen MR) is 72.3 cm³/mol. The van der Waals surface area contributed by atoms with Crippen molar-refractivity contribution >= 4 is 11.8 Å². The molecule has 0 saturated heterocycles. The van der Waals surface area contributed by atoms with E-state index in [1.165, 1.54) is 16.9 Å². The van der Waals surface area contributed by atoms with Crippen LogP contribution in [0.25, 0.3) is 0 Å². The average molecular weight is 263 g/mol. The molecule has 18 heavy (non-hydrogen) atoms. The number of nitrogens with one attached hydrogen (secondary N) is 1. The van der Waals surface area contributed by atoms with Crippen LogP contribution in [0.4, 0.5) is 0 Å². The van der Waals surface area contributed by atoms with E-state index in [9.17, 15) is 0 Å². The Morgan fingerprint density at radius 2 is 2.06 bits per heavy atom. The third-order valence-corrected chi connectivity index (χ3v) is 3.42. The van der Waals surface area contributed by atoms with Crippen molar-refractivity contribution in [1.82, 2.24) is 15.5 Å². The van der Waals surface area contributed by atoms with Crippen LogP contribution < -0.4 is 5.32 Å². The van der Waals surface area contributed by atoms with Gasteiger partial charge in [0.15, 0.2) is 5.82 Å². The molecule has 0 atom stereocenters. The van der Waals surface area contributed by atoms with Crippen LogP contribution in [0.5, 0.6) is 0 Å². The molecule has 0 unspecified atom stereocenters. The molecule has 0 aliphatic rings. The van der Waals surface area contributed by atoms with Crippen LogP contribution in [0.3, 0.4) is 0 Å². The molecular formula is C13H17N3OS. The number of hydrogen-bond acceptors (Lipinski definition) is 5. The quantitative estimate of drug-likeness (QED) is 0.812. The molecule has 0 bridgehead atoms. The van der Waals surface area contributed by atoms with Gasteiger partial charge in [0.2, 0.25) is 6.39 Å². The zero-order valence-corrected chi connectivity index (χ0v) is 11.4. The predicted octanol–water partition coefficient (Wildman–Crippen LogP) is 2.86. The van der Waals surface area contributed by atoms with Crippen molar-refractivity contribution in [2.24, 2.45) is 0 Å². The molecule has 1 heterocycles. The van der Waals surface area contributed by atoms with Crippen molar-refractivity contribution in [1.29, 1.82) is 0 Å². The van der Waals surface area contributed by atoms with Crippen molar-refractivity contribution in [3.05, 3.63) is 42.0 Å². The van der Waals surface area contributed by atoms with Crippen LogP contribution in [0.15, 0.2) is 40.1 Å². The Morgan fingerprint density at radius 1 is 1.28 bits per heavy atom. The van der Waals surface area contributed by atoms with Crippen molar-refractivity contribution in [3.8, 4) is 0 Å². The van der Waals surface area contributed by atoms with Crippen LogP contribution >= 0.6 is 11.8 Å². The lowest BCUT2D eigenvalue weighted by Crippen LogP contribution is -2.21. The molecule has 4 nitrogen and oxygen atoms in total. The SMILES string of the molecule is CC(C)NCc1ccc(SCc2ncon2)cc1. The summed E-state index contributed by atoms with van der Waals surface area (Å²) in [6.07, 6.45) is 1.36. The minimum Gasteiger partial charge on any atom is -0.343 e. The van der Waals surface area contributed by atoms with E-state index in [0.717, 1.165) is 18.1 Å². The third-order valence-electron chi connectivity index (χ3n) is 2.41. The van der Waals surface area contributed by atoms with Crippen LogP contribution in [0.2, 0.25) is 0 Å². The maximum absolute atomic E-state index is 4.69. The molecule has 0 aliphatic heterocycles. The van der Waals surface area contributed by atoms with Crippen LogP contribution in [0, 0.1) is 0 Å². The second-order valence-electron chi connectivity index (χ2n) is 4.32. The molecule has 1 N–H and O–H groups in total. The first-order valence-corrected chi connectivity index (χ1v) is 6.93. The van der Waals surface area contributed by atoms with E-state index in [0.29, 0.717) is 6.04 Å². The van der Waals surface area contributed by atoms with Crippen molar-refractivity contribution in [2.75, 3.05) is 0 Å². The Labute approximate surface area is 111 Å². The monoisotopic (exact) mass is 263 g/mol. The third kappa shape index (κ3) is 4.16. The first kappa shape index (κ1) is 13.1. The molecule has 0 radical (unpaired) electrons. The van der Waals surface area contributed by atoms with E-state index in [-0.39, 0.29) is 0 Å². The fraction of sp³-hybridized carbons (Fsp3) is 0.385. The van der Waals surface area contributed by atoms with E-state index in [1.807, 2.05) is 0 Å². The normalized spacial score (nSPS) is 11.1. The van der Waals surface area contributed by atoms with Gasteiger partial charge in [-0.1, -0.05) is 31.1 Å². The fourth-order valence-corrected chi connectivity index (χ4v) is 2.18. The van der Waals surface area contributed by atoms with E-state index in [4.69, 9.17) is 4.52 Å². The zero-order chi connectivity index (χ0) is 12.8. The van der Waals surface area contributed by atoms with Gasteiger partial charge in [-0.15, -0.1) is 11.8 Å². The second kappa shape index (κ2) is 6.56. The van der Waals surface area contributed by atoms with Gasteiger partial charge < -0.3 is 9.84 Å². The molecule has 0 spiro atoms. The highest BCUT2D eigenvalue weighted by atomic mass is 32.2. The lowest BCUT2D eigenvalue weighted by atomic mass is 10.2. The average Bonchev–Trinajstić information content (AvgIpc) is 2.88. The fourth-order valence-electron chi connectivity index (χ4n) is 1.43. The van der Waals surface area contributed by atoms with Gasteiger partial charge >= 0.3 is 0 Å². The molecule has 0 aliphatic carbocycles. The highest BCUT2D eigenvalue weighted by molar-refractivity contribution is 7.98. The van der Waals surface area contributed by atoms with Crippen molar-refractivity contribution in [3.63, 3.8) is 0 Å². The smallest absolute Gasteiger partial charge is 0.213 e. The van der Waals surface area contributed by atoms with Crippen molar-refractivity contribution in [2.45, 2.75) is 37.1 Å². The molecule has 1 aromatic carbocycles. The first-order valence-electron chi connectivity index (χ1n) is 5.94. The number of hydrogen-bond donors (Lipinski definition) is 1. The molecule has 1 aromatic heterocycles. The molecule has 0 fully saturated rings. The summed E-state index contributed by atoms with van der Waals surface area (Å²) in [5.41, 5.74) is 1.30. The maximum Gasteiger partial charge on any atom is 0.213 e. The van der Waals surface area contributed by atoms with Gasteiger partial charge in [-0.05, 0) is 17.7 Å². The summed E-state index contributed by atoms with van der Waals surface area (Å²) in [6, 6.07) is 9.06. The van der Waals surface area contributed by atoms with E-state index in [2.05, 4.69) is 53.6 Å². The number of aromatic nitrogens is 2. The van der Waals surface area contributed by atoms with Gasteiger partial charge in [-0.2, -0.15) is 4.98 Å². The highest BCUT2D eigenvalue weighted by Crippen LogP contribution is 2.21. The van der Waals surface area contributed by atoms with Crippen LogP contribution in [0.1, 0.15) is 25.2 Å². The summed E-state index contributed by atoms with van der Waals surface area (Å²) in [7, 11) is 0. The molecule has 5 heteroatoms. The molecular weight excluding hydrogens is 246 g/mol. The zero-order valence-electron chi connectivity index (χ0n) is 10.6. The second-order valence-corrected chi connectivity index (χ2v) is 5.36. The Balaban J connectivity index is 1.83. The van der Waals surface area contributed by atoms with Crippen molar-refractivity contribution < 1.29 is 4.52 Å². The number of nitrogens with zero attached hydrogens (tertiary/aromatic N) is 2. The minimum atomic E-state index is 0.511. The van der Waals surface area contributed by atoms with Gasteiger partial charge in [0.05, 0.1) is 5.75 Å². The Hall–Kier alpha value is -1.33. The molecule has 0 saturated carbocycles. The standard InChI is InChI=1S/C13H17N3OS/c1-10(2)14-7-11-3-5-12(6-4-11)18-8-13-15-9-17-16-13/h3-6,9-10,14H,7-8H2,1-2H3. The highest BCUT2D eigenvalue weighted by Gasteiger charge is 2.01. The largest absolute Gasteiger partial charge is 0.343 e. The van der Waals surface area contributed by atoms with E-state index < -0.39 is 0 Å². The van der Waals surface area contributed by atoms with Crippen LogP contribution in [-0.2, 0) is 12.3 Å². The summed E-state index contributed by atoms with van der Waals surface area (Å²) in [4.78, 5) is 5.20. The Morgan fingerprint density at radius 3 is 2.67 bits per heavy atom. The van der Waals surface area contributed by atoms with Gasteiger partial charge in [0.25, 0.3) is 0 Å². The maximum atomic E-state index is 4.69. The van der Waals surface area contributed by atoms with Crippen LogP contribution in [-0.4, -0.2) is 16.2 Å². The Bertz CT molecular complexity index is 454. The van der Waals surface area contributed by atoms with Gasteiger partial charge in [-0.25, -0.2) is 0 Å². The number of benzene rings is 1. The molecule has 0 amide bonds. The minimum absolute atomic E-state index is 0.511. The summed E-state index contributed by atoms with van der Waals surface area (Å²) in [5.74, 6) is 1.46. The summed E-state index contributed by atoms with van der Waals surface area (Å²) >= 11 is 1.71.